The molecule has 1 radical (unpaired) electrons. The van der Waals surface area contributed by atoms with Crippen LogP contribution in [-0.4, -0.2) is 10.2 Å². The quantitative estimate of drug-likeness (QED) is 0.610. The van der Waals surface area contributed by atoms with Crippen molar-refractivity contribution < 1.29 is 0 Å². The molecule has 2 nitrogen and oxygen atoms in total. The number of aromatic amines is 1. The zero-order valence-corrected chi connectivity index (χ0v) is 4.89. The first-order valence-electron chi connectivity index (χ1n) is 2.75. The largest absolute Gasteiger partial charge is 0.285 e. The predicted octanol–water partition coefficient (Wildman–Crippen LogP) is 1.37. The van der Waals surface area contributed by atoms with Gasteiger partial charge in [-0.2, -0.15) is 5.10 Å². The summed E-state index contributed by atoms with van der Waals surface area (Å²) in [4.78, 5) is 0. The van der Waals surface area contributed by atoms with Gasteiger partial charge in [-0.3, -0.25) is 5.10 Å². The average Bonchev–Trinajstić information content (AvgIpc) is 2.19. The number of hydrogen-bond acceptors (Lipinski definition) is 1. The number of nitrogens with zero attached hydrogens (tertiary/aromatic N) is 1. The van der Waals surface area contributed by atoms with E-state index in [1.807, 2.05) is 12.4 Å². The average molecular weight is 109 g/mol. The second kappa shape index (κ2) is 2.50. The highest BCUT2D eigenvalue weighted by Gasteiger charge is 1.87. The summed E-state index contributed by atoms with van der Waals surface area (Å²) in [7, 11) is 0. The molecule has 0 atom stereocenters. The Balaban J connectivity index is 2.50. The van der Waals surface area contributed by atoms with Crippen molar-refractivity contribution >= 4 is 0 Å². The Bertz CT molecular complexity index is 132. The third kappa shape index (κ3) is 1.09. The van der Waals surface area contributed by atoms with Crippen LogP contribution < -0.4 is 0 Å². The lowest BCUT2D eigenvalue weighted by Crippen LogP contribution is -1.70. The summed E-state index contributed by atoms with van der Waals surface area (Å²) in [5.41, 5.74) is 1.17. The van der Waals surface area contributed by atoms with Crippen LogP contribution in [0.3, 0.4) is 0 Å². The van der Waals surface area contributed by atoms with E-state index >= 15 is 0 Å². The molecule has 1 rings (SSSR count). The van der Waals surface area contributed by atoms with Crippen LogP contribution in [0, 0.1) is 6.42 Å². The van der Waals surface area contributed by atoms with Crippen LogP contribution in [0.25, 0.3) is 0 Å². The van der Waals surface area contributed by atoms with E-state index in [0.29, 0.717) is 0 Å². The van der Waals surface area contributed by atoms with Crippen LogP contribution in [0.1, 0.15) is 18.9 Å². The molecule has 8 heavy (non-hydrogen) atoms. The Hall–Kier alpha value is -0.790. The molecule has 0 bridgehead atoms. The SMILES string of the molecule is CC[CH]c1cn[nH]c1. The van der Waals surface area contributed by atoms with Crippen LogP contribution in [-0.2, 0) is 0 Å². The van der Waals surface area contributed by atoms with Gasteiger partial charge >= 0.3 is 0 Å². The maximum atomic E-state index is 3.78. The van der Waals surface area contributed by atoms with E-state index in [-0.39, 0.29) is 0 Å². The number of aromatic nitrogens is 2. The Morgan fingerprint density at radius 2 is 2.75 bits per heavy atom. The van der Waals surface area contributed by atoms with E-state index in [9.17, 15) is 0 Å². The molecule has 0 aliphatic rings. The summed E-state index contributed by atoms with van der Waals surface area (Å²) in [6, 6.07) is 0. The van der Waals surface area contributed by atoms with E-state index in [1.165, 1.54) is 5.56 Å². The Morgan fingerprint density at radius 3 is 3.25 bits per heavy atom. The van der Waals surface area contributed by atoms with Crippen molar-refractivity contribution in [2.75, 3.05) is 0 Å². The third-order valence-electron chi connectivity index (χ3n) is 0.959. The normalized spacial score (nSPS) is 9.62. The number of H-pyrrole nitrogens is 1. The van der Waals surface area contributed by atoms with Gasteiger partial charge in [0.05, 0.1) is 6.20 Å². The van der Waals surface area contributed by atoms with Crippen molar-refractivity contribution in [3.05, 3.63) is 24.4 Å². The number of rotatable bonds is 2. The van der Waals surface area contributed by atoms with E-state index in [2.05, 4.69) is 23.5 Å². The highest BCUT2D eigenvalue weighted by molar-refractivity contribution is 5.13. The van der Waals surface area contributed by atoms with E-state index in [0.717, 1.165) is 6.42 Å². The minimum absolute atomic E-state index is 1.07. The van der Waals surface area contributed by atoms with Crippen LogP contribution >= 0.6 is 0 Å². The summed E-state index contributed by atoms with van der Waals surface area (Å²) < 4.78 is 0. The predicted molar refractivity (Wildman–Crippen MR) is 32.3 cm³/mol. The smallest absolute Gasteiger partial charge is 0.0522 e. The molecule has 0 spiro atoms. The fraction of sp³-hybridized carbons (Fsp3) is 0.333. The molecule has 0 saturated heterocycles. The highest BCUT2D eigenvalue weighted by Crippen LogP contribution is 1.99. The molecule has 0 fully saturated rings. The Labute approximate surface area is 48.9 Å². The van der Waals surface area contributed by atoms with Gasteiger partial charge in [-0.25, -0.2) is 0 Å². The number of nitrogens with one attached hydrogen (secondary N) is 1. The Kier molecular flexibility index (Phi) is 1.67. The standard InChI is InChI=1S/C6H9N2/c1-2-3-6-4-7-8-5-6/h3-5H,2H2,1H3,(H,7,8). The van der Waals surface area contributed by atoms with Crippen molar-refractivity contribution in [1.82, 2.24) is 10.2 Å². The van der Waals surface area contributed by atoms with Crippen molar-refractivity contribution in [2.45, 2.75) is 13.3 Å². The van der Waals surface area contributed by atoms with E-state index in [1.54, 1.807) is 0 Å². The van der Waals surface area contributed by atoms with E-state index < -0.39 is 0 Å². The molecule has 1 aromatic heterocycles. The lowest BCUT2D eigenvalue weighted by atomic mass is 10.2. The van der Waals surface area contributed by atoms with Gasteiger partial charge in [-0.05, 0) is 18.4 Å². The second-order valence-electron chi connectivity index (χ2n) is 1.64. The molecule has 1 heterocycles. The van der Waals surface area contributed by atoms with Crippen molar-refractivity contribution in [2.24, 2.45) is 0 Å². The van der Waals surface area contributed by atoms with Gasteiger partial charge in [0.15, 0.2) is 0 Å². The lowest BCUT2D eigenvalue weighted by Gasteiger charge is -1.83. The van der Waals surface area contributed by atoms with Crippen molar-refractivity contribution in [3.8, 4) is 0 Å². The zero-order valence-electron chi connectivity index (χ0n) is 4.89. The summed E-state index contributed by atoms with van der Waals surface area (Å²) in [6.07, 6.45) is 6.87. The molecule has 1 aromatic rings. The molecule has 0 aliphatic carbocycles. The molecule has 0 amide bonds. The molecule has 43 valence electrons. The van der Waals surface area contributed by atoms with Crippen LogP contribution in [0.5, 0.6) is 0 Å². The lowest BCUT2D eigenvalue weighted by molar-refractivity contribution is 1.09. The molecule has 0 aromatic carbocycles. The minimum Gasteiger partial charge on any atom is -0.285 e. The maximum Gasteiger partial charge on any atom is 0.0522 e. The Morgan fingerprint density at radius 1 is 1.88 bits per heavy atom. The molecule has 0 aliphatic heterocycles. The molecular formula is C6H9N2. The van der Waals surface area contributed by atoms with E-state index in [4.69, 9.17) is 0 Å². The molecule has 0 saturated carbocycles. The first-order chi connectivity index (χ1) is 3.93. The summed E-state index contributed by atoms with van der Waals surface area (Å²) in [5, 5.41) is 6.52. The van der Waals surface area contributed by atoms with Crippen molar-refractivity contribution in [3.63, 3.8) is 0 Å². The summed E-state index contributed by atoms with van der Waals surface area (Å²) in [6.45, 7) is 2.10. The van der Waals surface area contributed by atoms with Gasteiger partial charge in [-0.15, -0.1) is 0 Å². The fourth-order valence-corrected chi connectivity index (χ4v) is 0.608. The van der Waals surface area contributed by atoms with Gasteiger partial charge in [0.2, 0.25) is 0 Å². The summed E-state index contributed by atoms with van der Waals surface area (Å²) in [5.74, 6) is 0. The van der Waals surface area contributed by atoms with Gasteiger partial charge in [0.25, 0.3) is 0 Å². The first-order valence-corrected chi connectivity index (χ1v) is 2.75. The monoisotopic (exact) mass is 109 g/mol. The molecular weight excluding hydrogens is 100 g/mol. The highest BCUT2D eigenvalue weighted by atomic mass is 15.1. The minimum atomic E-state index is 1.07. The van der Waals surface area contributed by atoms with Crippen molar-refractivity contribution in [1.29, 1.82) is 0 Å². The molecule has 1 N–H and O–H groups in total. The second-order valence-corrected chi connectivity index (χ2v) is 1.64. The maximum absolute atomic E-state index is 3.78. The summed E-state index contributed by atoms with van der Waals surface area (Å²) >= 11 is 0. The topological polar surface area (TPSA) is 28.7 Å². The molecule has 0 unspecified atom stereocenters. The number of hydrogen-bond donors (Lipinski definition) is 1. The van der Waals surface area contributed by atoms with Gasteiger partial charge in [0, 0.05) is 6.20 Å². The zero-order chi connectivity index (χ0) is 5.82. The van der Waals surface area contributed by atoms with Crippen LogP contribution in [0.2, 0.25) is 0 Å². The molecule has 2 heteroatoms. The van der Waals surface area contributed by atoms with Gasteiger partial charge in [-0.1, -0.05) is 6.92 Å². The van der Waals surface area contributed by atoms with Gasteiger partial charge in [0.1, 0.15) is 0 Å². The fourth-order valence-electron chi connectivity index (χ4n) is 0.608. The van der Waals surface area contributed by atoms with Crippen LogP contribution in [0.4, 0.5) is 0 Å². The third-order valence-corrected chi connectivity index (χ3v) is 0.959. The van der Waals surface area contributed by atoms with Gasteiger partial charge < -0.3 is 0 Å². The van der Waals surface area contributed by atoms with Crippen LogP contribution in [0.15, 0.2) is 12.4 Å². The first kappa shape index (κ1) is 5.35.